The fourth-order valence-electron chi connectivity index (χ4n) is 3.55. The molecule has 4 rings (SSSR count). The van der Waals surface area contributed by atoms with E-state index in [2.05, 4.69) is 20.1 Å². The number of hydrogen-bond donors (Lipinski definition) is 0. The van der Waals surface area contributed by atoms with E-state index in [4.69, 9.17) is 13.7 Å². The molecule has 0 radical (unpaired) electrons. The van der Waals surface area contributed by atoms with Crippen LogP contribution in [0.2, 0.25) is 0 Å². The molecule has 0 N–H and O–H groups in total. The first-order valence-electron chi connectivity index (χ1n) is 9.13. The van der Waals surface area contributed by atoms with Crippen LogP contribution >= 0.6 is 0 Å². The highest BCUT2D eigenvalue weighted by molar-refractivity contribution is 5.91. The zero-order valence-electron chi connectivity index (χ0n) is 15.6. The zero-order valence-corrected chi connectivity index (χ0v) is 15.6. The Balaban J connectivity index is 1.54. The summed E-state index contributed by atoms with van der Waals surface area (Å²) in [6.45, 7) is 1.74. The molecule has 0 unspecified atom stereocenters. The predicted octanol–water partition coefficient (Wildman–Crippen LogP) is 2.33. The Morgan fingerprint density at radius 2 is 2.07 bits per heavy atom. The molecule has 0 saturated carbocycles. The first-order valence-corrected chi connectivity index (χ1v) is 9.13. The molecule has 4 heterocycles. The van der Waals surface area contributed by atoms with Gasteiger partial charge in [0.15, 0.2) is 17.9 Å². The highest BCUT2D eigenvalue weighted by Crippen LogP contribution is 2.38. The number of carbonyl (C=O) groups is 1. The summed E-state index contributed by atoms with van der Waals surface area (Å²) in [4.78, 5) is 26.9. The van der Waals surface area contributed by atoms with Crippen molar-refractivity contribution >= 4 is 5.91 Å². The van der Waals surface area contributed by atoms with E-state index in [0.717, 1.165) is 24.8 Å². The standard InChI is InChI=1S/C19H21N5O4/c1-26-11-6-19(18-22-16(28-23-18)14-2-7-20-8-3-14)4-9-24(10-5-19)17(25)15-12-27-13-21-15/h2-3,7-8,12-13H,4-6,9-11H2,1H3. The van der Waals surface area contributed by atoms with E-state index in [-0.39, 0.29) is 11.3 Å². The molecule has 3 aromatic rings. The van der Waals surface area contributed by atoms with E-state index in [1.54, 1.807) is 24.4 Å². The van der Waals surface area contributed by atoms with Crippen molar-refractivity contribution in [1.29, 1.82) is 0 Å². The fourth-order valence-corrected chi connectivity index (χ4v) is 3.55. The van der Waals surface area contributed by atoms with Crippen LogP contribution in [0.5, 0.6) is 0 Å². The van der Waals surface area contributed by atoms with E-state index in [1.165, 1.54) is 12.7 Å². The van der Waals surface area contributed by atoms with Crippen molar-refractivity contribution in [3.63, 3.8) is 0 Å². The molecule has 0 bridgehead atoms. The van der Waals surface area contributed by atoms with Gasteiger partial charge in [0.1, 0.15) is 6.26 Å². The molecule has 1 amide bonds. The van der Waals surface area contributed by atoms with E-state index in [1.807, 2.05) is 12.1 Å². The maximum absolute atomic E-state index is 12.5. The summed E-state index contributed by atoms with van der Waals surface area (Å²) in [5, 5.41) is 4.27. The maximum Gasteiger partial charge on any atom is 0.275 e. The summed E-state index contributed by atoms with van der Waals surface area (Å²) < 4.78 is 15.8. The van der Waals surface area contributed by atoms with Crippen molar-refractivity contribution in [2.75, 3.05) is 26.8 Å². The van der Waals surface area contributed by atoms with E-state index in [9.17, 15) is 4.79 Å². The van der Waals surface area contributed by atoms with Gasteiger partial charge in [0.2, 0.25) is 0 Å². The first kappa shape index (κ1) is 18.3. The van der Waals surface area contributed by atoms with Crippen molar-refractivity contribution < 1.29 is 18.5 Å². The monoisotopic (exact) mass is 383 g/mol. The topological polar surface area (TPSA) is 107 Å². The maximum atomic E-state index is 12.5. The van der Waals surface area contributed by atoms with Gasteiger partial charge >= 0.3 is 0 Å². The SMILES string of the molecule is COCCC1(c2noc(-c3ccncc3)n2)CCN(C(=O)c2cocn2)CC1. The average molecular weight is 383 g/mol. The predicted molar refractivity (Wildman–Crippen MR) is 97.3 cm³/mol. The van der Waals surface area contributed by atoms with Crippen molar-refractivity contribution in [2.24, 2.45) is 0 Å². The van der Waals surface area contributed by atoms with Crippen LogP contribution in [0.4, 0.5) is 0 Å². The van der Waals surface area contributed by atoms with Gasteiger partial charge in [-0.05, 0) is 31.4 Å². The van der Waals surface area contributed by atoms with Gasteiger partial charge in [-0.2, -0.15) is 4.98 Å². The molecule has 9 heteroatoms. The van der Waals surface area contributed by atoms with Gasteiger partial charge < -0.3 is 18.6 Å². The van der Waals surface area contributed by atoms with Gasteiger partial charge in [-0.3, -0.25) is 9.78 Å². The van der Waals surface area contributed by atoms with Crippen LogP contribution in [-0.4, -0.2) is 57.7 Å². The largest absolute Gasteiger partial charge is 0.451 e. The molecule has 0 atom stereocenters. The van der Waals surface area contributed by atoms with Crippen LogP contribution in [-0.2, 0) is 10.2 Å². The summed E-state index contributed by atoms with van der Waals surface area (Å²) in [6, 6.07) is 3.66. The number of nitrogens with zero attached hydrogens (tertiary/aromatic N) is 5. The third-order valence-electron chi connectivity index (χ3n) is 5.27. The minimum atomic E-state index is -0.300. The van der Waals surface area contributed by atoms with Gasteiger partial charge in [-0.15, -0.1) is 0 Å². The van der Waals surface area contributed by atoms with Crippen molar-refractivity contribution in [3.8, 4) is 11.5 Å². The Morgan fingerprint density at radius 3 is 2.75 bits per heavy atom. The average Bonchev–Trinajstić information content (AvgIpc) is 3.45. The quantitative estimate of drug-likeness (QED) is 0.638. The first-order chi connectivity index (χ1) is 13.7. The fraction of sp³-hybridized carbons (Fsp3) is 0.421. The Morgan fingerprint density at radius 1 is 1.29 bits per heavy atom. The normalized spacial score (nSPS) is 16.2. The smallest absolute Gasteiger partial charge is 0.275 e. The van der Waals surface area contributed by atoms with Crippen molar-refractivity contribution in [3.05, 3.63) is 48.7 Å². The minimum absolute atomic E-state index is 0.125. The number of ether oxygens (including phenoxy) is 1. The molecule has 0 spiro atoms. The molecule has 0 aliphatic carbocycles. The van der Waals surface area contributed by atoms with Gasteiger partial charge in [-0.25, -0.2) is 4.98 Å². The van der Waals surface area contributed by atoms with Crippen molar-refractivity contribution in [1.82, 2.24) is 25.0 Å². The third-order valence-corrected chi connectivity index (χ3v) is 5.27. The second-order valence-electron chi connectivity index (χ2n) is 6.85. The molecule has 1 aliphatic rings. The number of methoxy groups -OCH3 is 1. The lowest BCUT2D eigenvalue weighted by atomic mass is 9.75. The molecular weight excluding hydrogens is 362 g/mol. The van der Waals surface area contributed by atoms with Gasteiger partial charge in [0, 0.05) is 50.2 Å². The van der Waals surface area contributed by atoms with Crippen LogP contribution in [0.25, 0.3) is 11.5 Å². The van der Waals surface area contributed by atoms with Crippen LogP contribution < -0.4 is 0 Å². The number of amides is 1. The molecule has 3 aromatic heterocycles. The summed E-state index contributed by atoms with van der Waals surface area (Å²) in [6.07, 6.45) is 8.20. The third kappa shape index (κ3) is 3.53. The van der Waals surface area contributed by atoms with Crippen molar-refractivity contribution in [2.45, 2.75) is 24.7 Å². The summed E-state index contributed by atoms with van der Waals surface area (Å²) >= 11 is 0. The lowest BCUT2D eigenvalue weighted by Gasteiger charge is -2.39. The van der Waals surface area contributed by atoms with Crippen LogP contribution in [0.3, 0.4) is 0 Å². The van der Waals surface area contributed by atoms with Gasteiger partial charge in [0.25, 0.3) is 11.8 Å². The lowest BCUT2D eigenvalue weighted by molar-refractivity contribution is 0.0610. The number of likely N-dealkylation sites (tertiary alicyclic amines) is 1. The number of pyridine rings is 1. The molecule has 1 aliphatic heterocycles. The van der Waals surface area contributed by atoms with Crippen LogP contribution in [0.1, 0.15) is 35.6 Å². The highest BCUT2D eigenvalue weighted by Gasteiger charge is 2.41. The number of piperidine rings is 1. The van der Waals surface area contributed by atoms with E-state index < -0.39 is 0 Å². The minimum Gasteiger partial charge on any atom is -0.451 e. The van der Waals surface area contributed by atoms with E-state index >= 15 is 0 Å². The summed E-state index contributed by atoms with van der Waals surface area (Å²) in [5.41, 5.74) is 0.851. The van der Waals surface area contributed by atoms with E-state index in [0.29, 0.717) is 37.1 Å². The molecular formula is C19H21N5O4. The number of hydrogen-bond acceptors (Lipinski definition) is 8. The Hall–Kier alpha value is -3.07. The Labute approximate surface area is 161 Å². The zero-order chi connectivity index (χ0) is 19.4. The second kappa shape index (κ2) is 7.89. The highest BCUT2D eigenvalue weighted by atomic mass is 16.5. The Bertz CT molecular complexity index is 902. The molecule has 1 fully saturated rings. The van der Waals surface area contributed by atoms with Gasteiger partial charge in [-0.1, -0.05) is 5.16 Å². The molecule has 0 aromatic carbocycles. The van der Waals surface area contributed by atoms with Crippen LogP contribution in [0.15, 0.2) is 46.1 Å². The second-order valence-corrected chi connectivity index (χ2v) is 6.85. The summed E-state index contributed by atoms with van der Waals surface area (Å²) in [5.74, 6) is 1.000. The number of oxazole rings is 1. The number of rotatable bonds is 6. The summed E-state index contributed by atoms with van der Waals surface area (Å²) in [7, 11) is 1.68. The lowest BCUT2D eigenvalue weighted by Crippen LogP contribution is -2.46. The molecule has 28 heavy (non-hydrogen) atoms. The molecule has 146 valence electrons. The van der Waals surface area contributed by atoms with Crippen LogP contribution in [0, 0.1) is 0 Å². The molecule has 1 saturated heterocycles. The number of aromatic nitrogens is 4. The Kier molecular flexibility index (Phi) is 5.16. The van der Waals surface area contributed by atoms with Gasteiger partial charge in [0.05, 0.1) is 0 Å². The number of carbonyl (C=O) groups excluding carboxylic acids is 1. The molecule has 9 nitrogen and oxygen atoms in total.